The Morgan fingerprint density at radius 2 is 1.54 bits per heavy atom. The Hall–Kier alpha value is -0.830. The highest BCUT2D eigenvalue weighted by molar-refractivity contribution is 5.88. The van der Waals surface area contributed by atoms with E-state index in [4.69, 9.17) is 4.74 Å². The molecule has 142 valence electrons. The Labute approximate surface area is 150 Å². The predicted octanol–water partition coefficient (Wildman–Crippen LogP) is 5.30. The molecule has 0 aliphatic heterocycles. The van der Waals surface area contributed by atoms with E-state index in [1.165, 1.54) is 19.3 Å². The van der Waals surface area contributed by atoms with Crippen LogP contribution in [0.2, 0.25) is 0 Å². The van der Waals surface area contributed by atoms with Crippen LogP contribution in [0.15, 0.2) is 12.2 Å². The first-order chi connectivity index (χ1) is 11.2. The molecule has 0 heterocycles. The highest BCUT2D eigenvalue weighted by atomic mass is 16.5. The van der Waals surface area contributed by atoms with E-state index >= 15 is 0 Å². The number of carbonyl (C=O) groups is 1. The molecule has 4 atom stereocenters. The van der Waals surface area contributed by atoms with Crippen molar-refractivity contribution in [2.24, 2.45) is 17.8 Å². The molecular formula is C21H41NO2. The third-order valence-corrected chi connectivity index (χ3v) is 5.41. The van der Waals surface area contributed by atoms with Gasteiger partial charge in [0.25, 0.3) is 0 Å². The van der Waals surface area contributed by atoms with Crippen LogP contribution in [0.25, 0.3) is 0 Å². The van der Waals surface area contributed by atoms with Gasteiger partial charge in [-0.3, -0.25) is 0 Å². The topological polar surface area (TPSA) is 29.5 Å². The van der Waals surface area contributed by atoms with E-state index in [0.29, 0.717) is 18.0 Å². The maximum atomic E-state index is 12.0. The molecule has 0 aromatic rings. The first-order valence-corrected chi connectivity index (χ1v) is 9.78. The van der Waals surface area contributed by atoms with Crippen LogP contribution in [0.1, 0.15) is 73.6 Å². The van der Waals surface area contributed by atoms with Gasteiger partial charge < -0.3 is 9.64 Å². The van der Waals surface area contributed by atoms with Gasteiger partial charge >= 0.3 is 5.97 Å². The molecule has 0 amide bonds. The van der Waals surface area contributed by atoms with Crippen molar-refractivity contribution in [3.8, 4) is 0 Å². The lowest BCUT2D eigenvalue weighted by Gasteiger charge is -2.23. The van der Waals surface area contributed by atoms with Crippen LogP contribution in [0.3, 0.4) is 0 Å². The van der Waals surface area contributed by atoms with Crippen LogP contribution in [0, 0.1) is 17.8 Å². The van der Waals surface area contributed by atoms with Gasteiger partial charge in [-0.2, -0.15) is 0 Å². The fraction of sp³-hybridized carbons (Fsp3) is 0.857. The summed E-state index contributed by atoms with van der Waals surface area (Å²) in [7, 11) is 1.98. The summed E-state index contributed by atoms with van der Waals surface area (Å²) < 4.78 is 5.54. The molecule has 0 radical (unpaired) electrons. The Balaban J connectivity index is 4.08. The summed E-state index contributed by atoms with van der Waals surface area (Å²) in [5.74, 6) is 1.98. The van der Waals surface area contributed by atoms with Gasteiger partial charge in [-0.05, 0) is 51.1 Å². The average Bonchev–Trinajstić information content (AvgIpc) is 2.56. The van der Waals surface area contributed by atoms with Crippen LogP contribution in [0.5, 0.6) is 0 Å². The highest BCUT2D eigenvalue weighted by Crippen LogP contribution is 2.25. The summed E-state index contributed by atoms with van der Waals surface area (Å²) >= 11 is 0. The zero-order valence-electron chi connectivity index (χ0n) is 17.2. The van der Waals surface area contributed by atoms with E-state index in [-0.39, 0.29) is 12.1 Å². The minimum atomic E-state index is -0.250. The maximum Gasteiger partial charge on any atom is 0.334 e. The second-order valence-corrected chi connectivity index (χ2v) is 7.77. The number of carbonyl (C=O) groups excluding carboxylic acids is 1. The van der Waals surface area contributed by atoms with Crippen LogP contribution < -0.4 is 0 Å². The summed E-state index contributed by atoms with van der Waals surface area (Å²) in [6, 6.07) is 0. The lowest BCUT2D eigenvalue weighted by atomic mass is 9.85. The molecule has 0 saturated carbocycles. The van der Waals surface area contributed by atoms with E-state index in [1.807, 2.05) is 14.0 Å². The summed E-state index contributed by atoms with van der Waals surface area (Å²) in [6.07, 6.45) is 5.88. The molecule has 4 unspecified atom stereocenters. The largest absolute Gasteiger partial charge is 0.459 e. The minimum absolute atomic E-state index is 0.0367. The van der Waals surface area contributed by atoms with Crippen molar-refractivity contribution in [3.63, 3.8) is 0 Å². The normalized spacial score (nSPS) is 16.5. The van der Waals surface area contributed by atoms with Crippen molar-refractivity contribution in [1.82, 2.24) is 4.90 Å². The number of ether oxygens (including phenoxy) is 1. The van der Waals surface area contributed by atoms with Gasteiger partial charge in [0.15, 0.2) is 0 Å². The Bertz CT molecular complexity index is 367. The maximum absolute atomic E-state index is 12.0. The molecule has 0 bridgehead atoms. The van der Waals surface area contributed by atoms with Gasteiger partial charge in [-0.15, -0.1) is 0 Å². The Kier molecular flexibility index (Phi) is 12.1. The van der Waals surface area contributed by atoms with Gasteiger partial charge in [-0.25, -0.2) is 4.79 Å². The average molecular weight is 340 g/mol. The van der Waals surface area contributed by atoms with E-state index in [9.17, 15) is 4.79 Å². The number of likely N-dealkylation sites (N-methyl/N-ethyl adjacent to an activating group) is 1. The van der Waals surface area contributed by atoms with Gasteiger partial charge in [0, 0.05) is 12.1 Å². The van der Waals surface area contributed by atoms with Crippen LogP contribution in [-0.2, 0) is 9.53 Å². The van der Waals surface area contributed by atoms with E-state index in [2.05, 4.69) is 46.1 Å². The fourth-order valence-corrected chi connectivity index (χ4v) is 2.65. The molecule has 0 aromatic carbocycles. The summed E-state index contributed by atoms with van der Waals surface area (Å²) in [5, 5.41) is 0. The van der Waals surface area contributed by atoms with Crippen molar-refractivity contribution in [2.45, 2.75) is 79.8 Å². The van der Waals surface area contributed by atoms with Crippen molar-refractivity contribution >= 4 is 5.97 Å². The summed E-state index contributed by atoms with van der Waals surface area (Å²) in [4.78, 5) is 14.1. The first kappa shape index (κ1) is 23.2. The molecule has 0 spiro atoms. The SMILES string of the molecule is C=C(CN(C)CC)C(=O)OC(C)CCC(C)C(C)CCC(C)CC. The molecule has 3 heteroatoms. The zero-order valence-corrected chi connectivity index (χ0v) is 17.2. The second kappa shape index (κ2) is 12.5. The molecule has 3 nitrogen and oxygen atoms in total. The van der Waals surface area contributed by atoms with Gasteiger partial charge in [0.2, 0.25) is 0 Å². The Morgan fingerprint density at radius 1 is 1.00 bits per heavy atom. The molecular weight excluding hydrogens is 298 g/mol. The molecule has 0 N–H and O–H groups in total. The van der Waals surface area contributed by atoms with E-state index < -0.39 is 0 Å². The van der Waals surface area contributed by atoms with Crippen molar-refractivity contribution < 1.29 is 9.53 Å². The smallest absolute Gasteiger partial charge is 0.334 e. The third kappa shape index (κ3) is 10.1. The zero-order chi connectivity index (χ0) is 18.7. The monoisotopic (exact) mass is 339 g/mol. The molecule has 0 saturated heterocycles. The highest BCUT2D eigenvalue weighted by Gasteiger charge is 2.18. The van der Waals surface area contributed by atoms with Crippen molar-refractivity contribution in [3.05, 3.63) is 12.2 Å². The van der Waals surface area contributed by atoms with Crippen LogP contribution in [-0.4, -0.2) is 37.1 Å². The molecule has 0 aromatic heterocycles. The predicted molar refractivity (Wildman–Crippen MR) is 104 cm³/mol. The number of rotatable bonds is 13. The quantitative estimate of drug-likeness (QED) is 0.337. The lowest BCUT2D eigenvalue weighted by molar-refractivity contribution is -0.144. The molecule has 0 rings (SSSR count). The molecule has 0 aliphatic rings. The first-order valence-electron chi connectivity index (χ1n) is 9.78. The number of nitrogens with zero attached hydrogens (tertiary/aromatic N) is 1. The van der Waals surface area contributed by atoms with E-state index in [1.54, 1.807) is 0 Å². The standard InChI is InChI=1S/C21H41NO2/c1-9-16(3)11-12-17(4)18(5)13-14-20(7)24-21(23)19(6)15-22(8)10-2/h16-18,20H,6,9-15H2,1-5,7-8H3. The number of esters is 1. The number of hydrogen-bond donors (Lipinski definition) is 0. The van der Waals surface area contributed by atoms with Crippen LogP contribution >= 0.6 is 0 Å². The fourth-order valence-electron chi connectivity index (χ4n) is 2.65. The van der Waals surface area contributed by atoms with Crippen LogP contribution in [0.4, 0.5) is 0 Å². The molecule has 24 heavy (non-hydrogen) atoms. The summed E-state index contributed by atoms with van der Waals surface area (Å²) in [5.41, 5.74) is 0.543. The molecule has 0 aliphatic carbocycles. The minimum Gasteiger partial charge on any atom is -0.459 e. The number of hydrogen-bond acceptors (Lipinski definition) is 3. The Morgan fingerprint density at radius 3 is 2.04 bits per heavy atom. The van der Waals surface area contributed by atoms with Gasteiger partial charge in [-0.1, -0.05) is 60.5 Å². The van der Waals surface area contributed by atoms with E-state index in [0.717, 1.165) is 31.2 Å². The third-order valence-electron chi connectivity index (χ3n) is 5.41. The summed E-state index contributed by atoms with van der Waals surface area (Å²) in [6.45, 7) is 18.7. The second-order valence-electron chi connectivity index (χ2n) is 7.77. The van der Waals surface area contributed by atoms with Gasteiger partial charge in [0.1, 0.15) is 0 Å². The van der Waals surface area contributed by atoms with Crippen molar-refractivity contribution in [2.75, 3.05) is 20.1 Å². The van der Waals surface area contributed by atoms with Gasteiger partial charge in [0.05, 0.1) is 6.10 Å². The lowest BCUT2D eigenvalue weighted by Crippen LogP contribution is -2.26. The van der Waals surface area contributed by atoms with Crippen molar-refractivity contribution in [1.29, 1.82) is 0 Å². The molecule has 0 fully saturated rings.